The molecule has 0 unspecified atom stereocenters. The molecular weight excluding hydrogens is 314 g/mol. The Morgan fingerprint density at radius 2 is 1.88 bits per heavy atom. The molecule has 0 aliphatic carbocycles. The van der Waals surface area contributed by atoms with Crippen molar-refractivity contribution in [3.63, 3.8) is 0 Å². The Morgan fingerprint density at radius 3 is 2.68 bits per heavy atom. The van der Waals surface area contributed by atoms with Gasteiger partial charge in [0.15, 0.2) is 0 Å². The van der Waals surface area contributed by atoms with Crippen molar-refractivity contribution in [3.8, 4) is 0 Å². The fourth-order valence-electron chi connectivity index (χ4n) is 2.70. The molecule has 5 heteroatoms. The van der Waals surface area contributed by atoms with Gasteiger partial charge in [-0.3, -0.25) is 0 Å². The first-order valence-corrected chi connectivity index (χ1v) is 8.37. The van der Waals surface area contributed by atoms with E-state index in [2.05, 4.69) is 40.6 Å². The van der Waals surface area contributed by atoms with Crippen LogP contribution in [0, 0.1) is 0 Å². The monoisotopic (exact) mass is 337 g/mol. The Morgan fingerprint density at radius 1 is 1.12 bits per heavy atom. The molecule has 2 aromatic carbocycles. The molecule has 25 heavy (non-hydrogen) atoms. The Balaban J connectivity index is 1.67. The third-order valence-corrected chi connectivity index (χ3v) is 3.79. The number of carbonyl (C=O) groups is 1. The number of hydrogen-bond acceptors (Lipinski definition) is 4. The molecule has 0 spiro atoms. The largest absolute Gasteiger partial charge is 0.443 e. The summed E-state index contributed by atoms with van der Waals surface area (Å²) in [4.78, 5) is 16.5. The Bertz CT molecular complexity index is 873. The van der Waals surface area contributed by atoms with Crippen molar-refractivity contribution in [3.05, 3.63) is 66.2 Å². The average molecular weight is 337 g/mol. The van der Waals surface area contributed by atoms with Gasteiger partial charge < -0.3 is 10.1 Å². The standard InChI is InChI=1S/C20H23N3O2/c1-20(2,3)25-19(24)23-12-11-22-18(23)14-21-13-16-9-6-8-15-7-4-5-10-17(15)16/h4-12,21H,13-14H2,1-3H3. The summed E-state index contributed by atoms with van der Waals surface area (Å²) in [6.45, 7) is 6.72. The van der Waals surface area contributed by atoms with E-state index in [4.69, 9.17) is 4.74 Å². The molecule has 0 radical (unpaired) electrons. The van der Waals surface area contributed by atoms with E-state index in [-0.39, 0.29) is 0 Å². The van der Waals surface area contributed by atoms with Gasteiger partial charge in [-0.25, -0.2) is 14.3 Å². The fraction of sp³-hybridized carbons (Fsp3) is 0.300. The van der Waals surface area contributed by atoms with E-state index >= 15 is 0 Å². The lowest BCUT2D eigenvalue weighted by atomic mass is 10.0. The number of aromatic nitrogens is 2. The lowest BCUT2D eigenvalue weighted by Crippen LogP contribution is -2.29. The van der Waals surface area contributed by atoms with Crippen LogP contribution in [0.3, 0.4) is 0 Å². The summed E-state index contributed by atoms with van der Waals surface area (Å²) < 4.78 is 6.85. The average Bonchev–Trinajstić information content (AvgIpc) is 3.02. The lowest BCUT2D eigenvalue weighted by Gasteiger charge is -2.20. The van der Waals surface area contributed by atoms with Gasteiger partial charge in [-0.05, 0) is 37.1 Å². The minimum Gasteiger partial charge on any atom is -0.443 e. The van der Waals surface area contributed by atoms with Crippen LogP contribution >= 0.6 is 0 Å². The molecule has 1 N–H and O–H groups in total. The third-order valence-electron chi connectivity index (χ3n) is 3.79. The number of fused-ring (bicyclic) bond motifs is 1. The van der Waals surface area contributed by atoms with E-state index in [1.165, 1.54) is 20.9 Å². The van der Waals surface area contributed by atoms with Crippen LogP contribution in [0.4, 0.5) is 4.79 Å². The number of imidazole rings is 1. The highest BCUT2D eigenvalue weighted by atomic mass is 16.6. The maximum atomic E-state index is 12.2. The summed E-state index contributed by atoms with van der Waals surface area (Å²) >= 11 is 0. The molecule has 0 bridgehead atoms. The molecule has 0 saturated heterocycles. The summed E-state index contributed by atoms with van der Waals surface area (Å²) in [5.74, 6) is 0.634. The second-order valence-corrected chi connectivity index (χ2v) is 6.94. The highest BCUT2D eigenvalue weighted by Crippen LogP contribution is 2.18. The van der Waals surface area contributed by atoms with Crippen molar-refractivity contribution in [2.75, 3.05) is 0 Å². The summed E-state index contributed by atoms with van der Waals surface area (Å²) in [5, 5.41) is 5.81. The van der Waals surface area contributed by atoms with Gasteiger partial charge in [0.25, 0.3) is 0 Å². The van der Waals surface area contributed by atoms with Crippen LogP contribution in [-0.2, 0) is 17.8 Å². The Kier molecular flexibility index (Phi) is 4.86. The topological polar surface area (TPSA) is 56.2 Å². The van der Waals surface area contributed by atoms with Crippen molar-refractivity contribution < 1.29 is 9.53 Å². The Hall–Kier alpha value is -2.66. The summed E-state index contributed by atoms with van der Waals surface area (Å²) in [6.07, 6.45) is 2.83. The van der Waals surface area contributed by atoms with E-state index in [9.17, 15) is 4.79 Å². The molecule has 0 fully saturated rings. The molecule has 130 valence electrons. The molecule has 0 amide bonds. The number of ether oxygens (including phenoxy) is 1. The number of hydrogen-bond donors (Lipinski definition) is 1. The Labute approximate surface area is 147 Å². The van der Waals surface area contributed by atoms with E-state index in [0.717, 1.165) is 0 Å². The van der Waals surface area contributed by atoms with Gasteiger partial charge in [0.05, 0.1) is 6.54 Å². The quantitative estimate of drug-likeness (QED) is 0.778. The zero-order valence-corrected chi connectivity index (χ0v) is 14.8. The van der Waals surface area contributed by atoms with Gasteiger partial charge in [-0.15, -0.1) is 0 Å². The van der Waals surface area contributed by atoms with E-state index in [0.29, 0.717) is 18.9 Å². The minimum atomic E-state index is -0.533. The molecule has 1 aromatic heterocycles. The predicted octanol–water partition coefficient (Wildman–Crippen LogP) is 4.11. The second-order valence-electron chi connectivity index (χ2n) is 6.94. The fourth-order valence-corrected chi connectivity index (χ4v) is 2.70. The van der Waals surface area contributed by atoms with Crippen LogP contribution in [0.15, 0.2) is 54.9 Å². The number of rotatable bonds is 4. The number of carbonyl (C=O) groups excluding carboxylic acids is 1. The first-order valence-electron chi connectivity index (χ1n) is 8.37. The maximum absolute atomic E-state index is 12.2. The van der Waals surface area contributed by atoms with Crippen molar-refractivity contribution in [1.82, 2.24) is 14.9 Å². The maximum Gasteiger partial charge on any atom is 0.420 e. The number of benzene rings is 2. The van der Waals surface area contributed by atoms with Crippen molar-refractivity contribution in [2.45, 2.75) is 39.5 Å². The zero-order valence-electron chi connectivity index (χ0n) is 14.8. The van der Waals surface area contributed by atoms with Crippen LogP contribution in [0.25, 0.3) is 10.8 Å². The van der Waals surface area contributed by atoms with Gasteiger partial charge >= 0.3 is 6.09 Å². The van der Waals surface area contributed by atoms with Crippen molar-refractivity contribution >= 4 is 16.9 Å². The van der Waals surface area contributed by atoms with Gasteiger partial charge in [0, 0.05) is 18.9 Å². The lowest BCUT2D eigenvalue weighted by molar-refractivity contribution is 0.0531. The molecule has 5 nitrogen and oxygen atoms in total. The van der Waals surface area contributed by atoms with Gasteiger partial charge in [-0.1, -0.05) is 42.5 Å². The third kappa shape index (κ3) is 4.25. The minimum absolute atomic E-state index is 0.410. The SMILES string of the molecule is CC(C)(C)OC(=O)n1ccnc1CNCc1cccc2ccccc12. The highest BCUT2D eigenvalue weighted by Gasteiger charge is 2.19. The van der Waals surface area contributed by atoms with Crippen LogP contribution < -0.4 is 5.32 Å². The van der Waals surface area contributed by atoms with Gasteiger partial charge in [0.2, 0.25) is 0 Å². The van der Waals surface area contributed by atoms with E-state index < -0.39 is 11.7 Å². The van der Waals surface area contributed by atoms with Gasteiger partial charge in [0.1, 0.15) is 11.4 Å². The zero-order chi connectivity index (χ0) is 17.9. The molecule has 0 aliphatic rings. The highest BCUT2D eigenvalue weighted by molar-refractivity contribution is 5.85. The first-order chi connectivity index (χ1) is 11.9. The molecular formula is C20H23N3O2. The number of nitrogens with one attached hydrogen (secondary N) is 1. The van der Waals surface area contributed by atoms with E-state index in [1.54, 1.807) is 12.4 Å². The van der Waals surface area contributed by atoms with Crippen LogP contribution in [0.2, 0.25) is 0 Å². The molecule has 1 heterocycles. The van der Waals surface area contributed by atoms with Crippen LogP contribution in [0.1, 0.15) is 32.2 Å². The summed E-state index contributed by atoms with van der Waals surface area (Å²) in [6, 6.07) is 14.6. The molecule has 3 rings (SSSR count). The predicted molar refractivity (Wildman–Crippen MR) is 98.4 cm³/mol. The van der Waals surface area contributed by atoms with Crippen molar-refractivity contribution in [1.29, 1.82) is 0 Å². The summed E-state index contributed by atoms with van der Waals surface area (Å²) in [7, 11) is 0. The molecule has 0 saturated carbocycles. The molecule has 3 aromatic rings. The van der Waals surface area contributed by atoms with Crippen molar-refractivity contribution in [2.24, 2.45) is 0 Å². The number of nitrogens with zero attached hydrogens (tertiary/aromatic N) is 2. The van der Waals surface area contributed by atoms with Crippen LogP contribution in [-0.4, -0.2) is 21.2 Å². The smallest absolute Gasteiger partial charge is 0.420 e. The normalized spacial score (nSPS) is 11.6. The van der Waals surface area contributed by atoms with E-state index in [1.807, 2.05) is 32.9 Å². The molecule has 0 aliphatic heterocycles. The summed E-state index contributed by atoms with van der Waals surface area (Å²) in [5.41, 5.74) is 0.683. The van der Waals surface area contributed by atoms with Gasteiger partial charge in [-0.2, -0.15) is 0 Å². The second kappa shape index (κ2) is 7.07. The first kappa shape index (κ1) is 17.2. The van der Waals surface area contributed by atoms with Crippen LogP contribution in [0.5, 0.6) is 0 Å². The molecule has 0 atom stereocenters.